The normalized spacial score (nSPS) is 11.9. The van der Waals surface area contributed by atoms with Gasteiger partial charge in [0.1, 0.15) is 5.69 Å². The second kappa shape index (κ2) is 37.0. The monoisotopic (exact) mass is 683 g/mol. The van der Waals surface area contributed by atoms with Gasteiger partial charge in [-0.25, -0.2) is 0 Å². The molecular weight excluding hydrogens is 591 g/mol. The zero-order chi connectivity index (χ0) is 35.2. The Morgan fingerprint density at radius 2 is 0.469 bits per heavy atom. The molecule has 0 N–H and O–H groups in total. The Balaban J connectivity index is 2.50. The van der Waals surface area contributed by atoms with Gasteiger partial charge in [-0.15, -0.1) is 0 Å². The van der Waals surface area contributed by atoms with Gasteiger partial charge in [0.25, 0.3) is 0 Å². The highest BCUT2D eigenvalue weighted by Gasteiger charge is 2.29. The van der Waals surface area contributed by atoms with Crippen molar-refractivity contribution >= 4 is 5.69 Å². The molecule has 288 valence electrons. The van der Waals surface area contributed by atoms with Gasteiger partial charge in [0.05, 0.1) is 19.6 Å². The van der Waals surface area contributed by atoms with E-state index >= 15 is 0 Å². The Morgan fingerprint density at radius 3 is 0.694 bits per heavy atom. The van der Waals surface area contributed by atoms with Crippen LogP contribution in [0.2, 0.25) is 0 Å². The minimum absolute atomic E-state index is 1.26. The second-order valence-corrected chi connectivity index (χ2v) is 16.3. The molecule has 0 bridgehead atoms. The van der Waals surface area contributed by atoms with Crippen LogP contribution in [0.25, 0.3) is 0 Å². The molecule has 0 unspecified atom stereocenters. The lowest BCUT2D eigenvalue weighted by atomic mass is 10.0. The maximum atomic E-state index is 2.47. The molecule has 1 heteroatoms. The van der Waals surface area contributed by atoms with Crippen LogP contribution in [0.15, 0.2) is 30.3 Å². The molecule has 0 aromatic heterocycles. The van der Waals surface area contributed by atoms with Gasteiger partial charge < -0.3 is 0 Å². The molecule has 0 radical (unpaired) electrons. The van der Waals surface area contributed by atoms with Crippen molar-refractivity contribution in [3.05, 3.63) is 30.3 Å². The van der Waals surface area contributed by atoms with Gasteiger partial charge in [-0.3, -0.25) is 4.48 Å². The molecule has 1 aromatic carbocycles. The van der Waals surface area contributed by atoms with E-state index in [0.717, 1.165) is 0 Å². The van der Waals surface area contributed by atoms with Crippen molar-refractivity contribution in [3.63, 3.8) is 0 Å². The standard InChI is InChI=1S/C48H92N/c1-4-7-10-13-16-19-22-25-28-31-34-40-45-49(48-43-38-37-39-44-48,46-41-35-32-29-26-23-20-17-14-11-8-5-2)47-42-36-33-30-27-24-21-18-15-12-9-6-3/h37-39,43-44H,4-36,40-42,45-47H2,1-3H3/q+1. The van der Waals surface area contributed by atoms with Crippen molar-refractivity contribution in [2.24, 2.45) is 0 Å². The number of nitrogens with zero attached hydrogens (tertiary/aromatic N) is 1. The van der Waals surface area contributed by atoms with Crippen molar-refractivity contribution in [2.75, 3.05) is 19.6 Å². The third kappa shape index (κ3) is 28.5. The van der Waals surface area contributed by atoms with Crippen LogP contribution >= 0.6 is 0 Å². The second-order valence-electron chi connectivity index (χ2n) is 16.3. The number of para-hydroxylation sites is 1. The van der Waals surface area contributed by atoms with Gasteiger partial charge in [-0.2, -0.15) is 0 Å². The predicted molar refractivity (Wildman–Crippen MR) is 226 cm³/mol. The van der Waals surface area contributed by atoms with Crippen LogP contribution in [0, 0.1) is 0 Å². The van der Waals surface area contributed by atoms with Gasteiger partial charge in [-0.1, -0.05) is 232 Å². The number of hydrogen-bond acceptors (Lipinski definition) is 0. The molecule has 0 aliphatic carbocycles. The fourth-order valence-electron chi connectivity index (χ4n) is 8.23. The average molecular weight is 683 g/mol. The highest BCUT2D eigenvalue weighted by Crippen LogP contribution is 2.28. The van der Waals surface area contributed by atoms with E-state index in [1.165, 1.54) is 255 Å². The van der Waals surface area contributed by atoms with Crippen LogP contribution in [0.3, 0.4) is 0 Å². The summed E-state index contributed by atoms with van der Waals surface area (Å²) in [6.45, 7) is 11.0. The van der Waals surface area contributed by atoms with Crippen molar-refractivity contribution in [1.29, 1.82) is 0 Å². The van der Waals surface area contributed by atoms with Crippen molar-refractivity contribution in [2.45, 2.75) is 252 Å². The number of unbranched alkanes of at least 4 members (excludes halogenated alkanes) is 33. The van der Waals surface area contributed by atoms with Gasteiger partial charge >= 0.3 is 0 Å². The first kappa shape index (κ1) is 46.2. The van der Waals surface area contributed by atoms with Crippen LogP contribution in [-0.2, 0) is 0 Å². The molecule has 0 heterocycles. The highest BCUT2D eigenvalue weighted by atomic mass is 15.4. The van der Waals surface area contributed by atoms with Gasteiger partial charge in [0.2, 0.25) is 0 Å². The quantitative estimate of drug-likeness (QED) is 0.0477. The molecule has 0 fully saturated rings. The van der Waals surface area contributed by atoms with Crippen LogP contribution in [0.5, 0.6) is 0 Å². The maximum absolute atomic E-state index is 2.47. The Morgan fingerprint density at radius 1 is 0.265 bits per heavy atom. The first-order valence-electron chi connectivity index (χ1n) is 23.2. The Labute approximate surface area is 311 Å². The molecule has 0 atom stereocenters. The topological polar surface area (TPSA) is 0 Å². The molecule has 0 aliphatic heterocycles. The number of quaternary nitrogens is 1. The maximum Gasteiger partial charge on any atom is 0.132 e. The van der Waals surface area contributed by atoms with E-state index in [4.69, 9.17) is 0 Å². The number of benzene rings is 1. The summed E-state index contributed by atoms with van der Waals surface area (Å²) < 4.78 is 1.26. The Bertz CT molecular complexity index is 671. The van der Waals surface area contributed by atoms with Crippen LogP contribution in [-0.4, -0.2) is 19.6 Å². The molecule has 49 heavy (non-hydrogen) atoms. The zero-order valence-corrected chi connectivity index (χ0v) is 34.4. The lowest BCUT2D eigenvalue weighted by Gasteiger charge is -2.39. The van der Waals surface area contributed by atoms with Crippen molar-refractivity contribution in [3.8, 4) is 0 Å². The summed E-state index contributed by atoms with van der Waals surface area (Å²) in [5.41, 5.74) is 1.61. The summed E-state index contributed by atoms with van der Waals surface area (Å²) in [5.74, 6) is 0. The van der Waals surface area contributed by atoms with E-state index in [1.54, 1.807) is 5.69 Å². The minimum atomic E-state index is 1.26. The largest absolute Gasteiger partial charge is 0.291 e. The first-order valence-corrected chi connectivity index (χ1v) is 23.2. The smallest absolute Gasteiger partial charge is 0.132 e. The summed E-state index contributed by atoms with van der Waals surface area (Å²) in [6.07, 6.45) is 52.0. The molecule has 1 aromatic rings. The molecule has 0 saturated heterocycles. The first-order chi connectivity index (χ1) is 24.3. The van der Waals surface area contributed by atoms with E-state index in [0.29, 0.717) is 0 Å². The zero-order valence-electron chi connectivity index (χ0n) is 34.4. The lowest BCUT2D eigenvalue weighted by Crippen LogP contribution is -2.51. The summed E-state index contributed by atoms with van der Waals surface area (Å²) in [5, 5.41) is 0. The van der Waals surface area contributed by atoms with E-state index in [2.05, 4.69) is 51.1 Å². The third-order valence-corrected chi connectivity index (χ3v) is 11.6. The Kier molecular flexibility index (Phi) is 34.8. The highest BCUT2D eigenvalue weighted by molar-refractivity contribution is 5.42. The predicted octanol–water partition coefficient (Wildman–Crippen LogP) is 17.1. The summed E-state index contributed by atoms with van der Waals surface area (Å²) in [6, 6.07) is 11.8. The molecule has 0 saturated carbocycles. The molecule has 1 rings (SSSR count). The van der Waals surface area contributed by atoms with E-state index in [-0.39, 0.29) is 0 Å². The van der Waals surface area contributed by atoms with Gasteiger partial charge in [0, 0.05) is 0 Å². The van der Waals surface area contributed by atoms with Crippen LogP contribution in [0.1, 0.15) is 252 Å². The molecular formula is C48H92N+. The SMILES string of the molecule is CCCCCCCCCCCCCC[N+](CCCCCCCCCCCCCC)(CCCCCCCCCCCCCC)c1ccccc1. The summed E-state index contributed by atoms with van der Waals surface area (Å²) in [7, 11) is 0. The van der Waals surface area contributed by atoms with Crippen LogP contribution in [0.4, 0.5) is 5.69 Å². The van der Waals surface area contributed by atoms with Gasteiger partial charge in [-0.05, 0) is 50.7 Å². The van der Waals surface area contributed by atoms with Gasteiger partial charge in [0.15, 0.2) is 0 Å². The molecule has 0 amide bonds. The molecule has 0 aliphatic rings. The van der Waals surface area contributed by atoms with Crippen molar-refractivity contribution < 1.29 is 0 Å². The third-order valence-electron chi connectivity index (χ3n) is 11.6. The summed E-state index contributed by atoms with van der Waals surface area (Å²) in [4.78, 5) is 0. The number of rotatable bonds is 40. The fraction of sp³-hybridized carbons (Fsp3) is 0.875. The lowest BCUT2D eigenvalue weighted by molar-refractivity contribution is 0.252. The number of hydrogen-bond donors (Lipinski definition) is 0. The average Bonchev–Trinajstić information content (AvgIpc) is 3.13. The molecule has 0 spiro atoms. The van der Waals surface area contributed by atoms with E-state index in [1.807, 2.05) is 0 Å². The van der Waals surface area contributed by atoms with Crippen LogP contribution < -0.4 is 4.48 Å². The Hall–Kier alpha value is -0.820. The fourth-order valence-corrected chi connectivity index (χ4v) is 8.23. The summed E-state index contributed by atoms with van der Waals surface area (Å²) >= 11 is 0. The van der Waals surface area contributed by atoms with Crippen molar-refractivity contribution in [1.82, 2.24) is 4.48 Å². The minimum Gasteiger partial charge on any atom is -0.291 e. The van der Waals surface area contributed by atoms with E-state index in [9.17, 15) is 0 Å². The molecule has 1 nitrogen and oxygen atoms in total. The van der Waals surface area contributed by atoms with E-state index < -0.39 is 0 Å².